The first kappa shape index (κ1) is 36.0. The van der Waals surface area contributed by atoms with Crippen molar-refractivity contribution < 1.29 is 48.6 Å². The first-order chi connectivity index (χ1) is 20.6. The van der Waals surface area contributed by atoms with Crippen LogP contribution in [-0.2, 0) is 20.8 Å². The van der Waals surface area contributed by atoms with Gasteiger partial charge in [-0.2, -0.15) is 0 Å². The molecule has 3 rings (SSSR count). The summed E-state index contributed by atoms with van der Waals surface area (Å²) in [5.74, 6) is -2.46. The van der Waals surface area contributed by atoms with Crippen LogP contribution in [0.5, 0.6) is 0 Å². The van der Waals surface area contributed by atoms with Crippen LogP contribution >= 0.6 is 0 Å². The Morgan fingerprint density at radius 1 is 1.25 bits per heavy atom. The van der Waals surface area contributed by atoms with Crippen LogP contribution in [0.25, 0.3) is 0 Å². The third kappa shape index (κ3) is 9.74. The van der Waals surface area contributed by atoms with E-state index in [1.54, 1.807) is 50.0 Å². The second-order valence-electron chi connectivity index (χ2n) is 12.5. The van der Waals surface area contributed by atoms with Gasteiger partial charge in [-0.25, -0.2) is 8.78 Å². The number of cyclic esters (lactones) is 1. The Balaban J connectivity index is 1.87. The minimum absolute atomic E-state index is 0.00472. The van der Waals surface area contributed by atoms with Crippen molar-refractivity contribution in [1.29, 1.82) is 0 Å². The number of halogens is 2. The van der Waals surface area contributed by atoms with Crippen LogP contribution in [0.4, 0.5) is 8.78 Å². The molecule has 0 spiro atoms. The second kappa shape index (κ2) is 15.2. The lowest BCUT2D eigenvalue weighted by Crippen LogP contribution is -2.54. The summed E-state index contributed by atoms with van der Waals surface area (Å²) in [6.07, 6.45) is 4.26. The number of carbonyl (C=O) groups is 1. The Morgan fingerprint density at radius 2 is 1.93 bits per heavy atom. The molecule has 1 saturated heterocycles. The first-order valence-electron chi connectivity index (χ1n) is 15.0. The van der Waals surface area contributed by atoms with E-state index >= 15 is 0 Å². The third-order valence-electron chi connectivity index (χ3n) is 8.43. The van der Waals surface area contributed by atoms with Crippen molar-refractivity contribution in [3.05, 3.63) is 71.4 Å². The van der Waals surface area contributed by atoms with Gasteiger partial charge in [0.25, 0.3) is 0 Å². The SMILES string of the molecule is CC(=CC=CC(C)(O)C(C1OC1C)N(CCO)Cc1ccc(F)cc1F)C1OC(=O)CC(O)CCC(C)(O)C(O)C=CC1C. The van der Waals surface area contributed by atoms with Gasteiger partial charge in [0, 0.05) is 30.6 Å². The molecule has 0 amide bonds. The number of ether oxygens (including phenoxy) is 2. The van der Waals surface area contributed by atoms with E-state index in [4.69, 9.17) is 9.47 Å². The molecule has 1 aromatic carbocycles. The van der Waals surface area contributed by atoms with Gasteiger partial charge in [-0.3, -0.25) is 9.69 Å². The molecule has 0 aromatic heterocycles. The van der Waals surface area contributed by atoms with Crippen molar-refractivity contribution in [3.63, 3.8) is 0 Å². The number of benzene rings is 1. The maximum atomic E-state index is 14.5. The molecule has 5 N–H and O–H groups in total. The molecule has 9 unspecified atom stereocenters. The number of carbonyl (C=O) groups excluding carboxylic acids is 1. The van der Waals surface area contributed by atoms with E-state index < -0.39 is 65.2 Å². The zero-order chi connectivity index (χ0) is 32.8. The fourth-order valence-electron chi connectivity index (χ4n) is 5.64. The standard InChI is InChI=1S/C33H47F2NO8/c1-20(29-21(2)8-11-27(39)32(4,41)14-12-25(38)18-28(40)44-29)7-6-13-33(5,42)31(30-22(3)43-30)36(15-16-37)19-23-9-10-24(34)17-26(23)35/h6-11,13,17,21-22,25,27,29-31,37-39,41-42H,12,14-16,18-19H2,1-5H3. The summed E-state index contributed by atoms with van der Waals surface area (Å²) in [5, 5.41) is 52.9. The van der Waals surface area contributed by atoms with E-state index in [0.717, 1.165) is 12.1 Å². The predicted molar refractivity (Wildman–Crippen MR) is 160 cm³/mol. The van der Waals surface area contributed by atoms with Gasteiger partial charge >= 0.3 is 5.97 Å². The summed E-state index contributed by atoms with van der Waals surface area (Å²) in [5.41, 5.74) is -2.20. The van der Waals surface area contributed by atoms with Crippen molar-refractivity contribution in [2.24, 2.45) is 5.92 Å². The molecule has 0 radical (unpaired) electrons. The van der Waals surface area contributed by atoms with Crippen molar-refractivity contribution in [1.82, 2.24) is 4.90 Å². The van der Waals surface area contributed by atoms with Gasteiger partial charge in [-0.15, -0.1) is 0 Å². The van der Waals surface area contributed by atoms with Gasteiger partial charge in [0.1, 0.15) is 29.9 Å². The van der Waals surface area contributed by atoms with Gasteiger partial charge in [0.05, 0.1) is 42.5 Å². The molecule has 44 heavy (non-hydrogen) atoms. The van der Waals surface area contributed by atoms with Gasteiger partial charge in [0.2, 0.25) is 0 Å². The molecular formula is C33H47F2NO8. The Hall–Kier alpha value is -2.51. The fraction of sp³-hybridized carbons (Fsp3) is 0.606. The van der Waals surface area contributed by atoms with Crippen LogP contribution in [0, 0.1) is 17.6 Å². The summed E-state index contributed by atoms with van der Waals surface area (Å²) in [4.78, 5) is 14.4. The Kier molecular flexibility index (Phi) is 12.4. The number of hydrogen-bond acceptors (Lipinski definition) is 9. The van der Waals surface area contributed by atoms with Crippen molar-refractivity contribution in [3.8, 4) is 0 Å². The van der Waals surface area contributed by atoms with E-state index in [2.05, 4.69) is 0 Å². The van der Waals surface area contributed by atoms with Crippen LogP contribution < -0.4 is 0 Å². The number of aliphatic hydroxyl groups excluding tert-OH is 3. The Morgan fingerprint density at radius 3 is 2.55 bits per heavy atom. The predicted octanol–water partition coefficient (Wildman–Crippen LogP) is 2.93. The summed E-state index contributed by atoms with van der Waals surface area (Å²) < 4.78 is 39.5. The van der Waals surface area contributed by atoms with Gasteiger partial charge < -0.3 is 35.0 Å². The topological polar surface area (TPSA) is 143 Å². The maximum Gasteiger partial charge on any atom is 0.309 e. The molecule has 9 atom stereocenters. The Labute approximate surface area is 258 Å². The van der Waals surface area contributed by atoms with Gasteiger partial charge in [-0.1, -0.05) is 43.4 Å². The van der Waals surface area contributed by atoms with E-state index in [-0.39, 0.29) is 50.6 Å². The van der Waals surface area contributed by atoms with E-state index in [9.17, 15) is 39.1 Å². The summed E-state index contributed by atoms with van der Waals surface area (Å²) in [7, 11) is 0. The summed E-state index contributed by atoms with van der Waals surface area (Å²) in [6.45, 7) is 8.25. The lowest BCUT2D eigenvalue weighted by molar-refractivity contribution is -0.151. The largest absolute Gasteiger partial charge is 0.457 e. The second-order valence-corrected chi connectivity index (χ2v) is 12.5. The minimum Gasteiger partial charge on any atom is -0.457 e. The molecule has 1 fully saturated rings. The number of allylic oxidation sites excluding steroid dienone is 2. The van der Waals surface area contributed by atoms with Crippen molar-refractivity contribution >= 4 is 5.97 Å². The van der Waals surface area contributed by atoms with Gasteiger partial charge in [-0.05, 0) is 52.2 Å². The highest BCUT2D eigenvalue weighted by atomic mass is 19.1. The molecular weight excluding hydrogens is 576 g/mol. The average Bonchev–Trinajstić information content (AvgIpc) is 3.64. The molecule has 11 heteroatoms. The van der Waals surface area contributed by atoms with E-state index in [1.165, 1.54) is 19.1 Å². The fourth-order valence-corrected chi connectivity index (χ4v) is 5.64. The molecule has 0 aliphatic carbocycles. The normalized spacial score (nSPS) is 32.6. The highest BCUT2D eigenvalue weighted by Crippen LogP contribution is 2.36. The third-order valence-corrected chi connectivity index (χ3v) is 8.43. The molecule has 2 heterocycles. The number of epoxide rings is 1. The molecule has 2 aliphatic rings. The number of aliphatic hydroxyl groups is 5. The molecule has 9 nitrogen and oxygen atoms in total. The molecule has 2 aliphatic heterocycles. The number of esters is 1. The smallest absolute Gasteiger partial charge is 0.309 e. The average molecular weight is 624 g/mol. The quantitative estimate of drug-likeness (QED) is 0.115. The number of nitrogens with zero attached hydrogens (tertiary/aromatic N) is 1. The number of rotatable bonds is 10. The van der Waals surface area contributed by atoms with Gasteiger partial charge in [0.15, 0.2) is 0 Å². The van der Waals surface area contributed by atoms with Crippen LogP contribution in [0.1, 0.15) is 59.4 Å². The minimum atomic E-state index is -1.54. The first-order valence-corrected chi connectivity index (χ1v) is 15.0. The van der Waals surface area contributed by atoms with Crippen LogP contribution in [-0.4, -0.2) is 97.3 Å². The van der Waals surface area contributed by atoms with E-state index in [1.807, 2.05) is 6.92 Å². The lowest BCUT2D eigenvalue weighted by Gasteiger charge is -2.39. The molecule has 1 aromatic rings. The molecule has 0 bridgehead atoms. The maximum absolute atomic E-state index is 14.5. The van der Waals surface area contributed by atoms with Crippen LogP contribution in [0.2, 0.25) is 0 Å². The number of hydrogen-bond donors (Lipinski definition) is 5. The lowest BCUT2D eigenvalue weighted by atomic mass is 9.88. The zero-order valence-corrected chi connectivity index (χ0v) is 26.1. The molecule has 0 saturated carbocycles. The van der Waals surface area contributed by atoms with Crippen LogP contribution in [0.15, 0.2) is 54.2 Å². The highest BCUT2D eigenvalue weighted by Gasteiger charge is 2.51. The zero-order valence-electron chi connectivity index (χ0n) is 26.1. The Bertz CT molecular complexity index is 1220. The highest BCUT2D eigenvalue weighted by molar-refractivity contribution is 5.70. The van der Waals surface area contributed by atoms with E-state index in [0.29, 0.717) is 5.57 Å². The monoisotopic (exact) mass is 623 g/mol. The van der Waals surface area contributed by atoms with Crippen molar-refractivity contribution in [2.75, 3.05) is 13.2 Å². The summed E-state index contributed by atoms with van der Waals surface area (Å²) >= 11 is 0. The van der Waals surface area contributed by atoms with Crippen molar-refractivity contribution in [2.45, 2.75) is 108 Å². The molecule has 246 valence electrons. The summed E-state index contributed by atoms with van der Waals surface area (Å²) in [6, 6.07) is 2.58. The van der Waals surface area contributed by atoms with Crippen LogP contribution in [0.3, 0.4) is 0 Å².